The van der Waals surface area contributed by atoms with E-state index in [2.05, 4.69) is 15.9 Å². The van der Waals surface area contributed by atoms with Crippen LogP contribution in [0.2, 0.25) is 0 Å². The summed E-state index contributed by atoms with van der Waals surface area (Å²) in [5, 5.41) is 0. The predicted octanol–water partition coefficient (Wildman–Crippen LogP) is 0.388. The third kappa shape index (κ3) is 2.83. The minimum absolute atomic E-state index is 0.0260. The molecular weight excluding hydrogens is 286 g/mol. The second-order valence-corrected chi connectivity index (χ2v) is 5.22. The molecule has 8 heteroatoms. The molecule has 0 aliphatic carbocycles. The summed E-state index contributed by atoms with van der Waals surface area (Å²) in [5.41, 5.74) is 10.2. The number of nitrogen functional groups attached to an aromatic ring is 1. The fourth-order valence-electron chi connectivity index (χ4n) is 0.951. The highest BCUT2D eigenvalue weighted by molar-refractivity contribution is 9.10. The Morgan fingerprint density at radius 3 is 2.47 bits per heavy atom. The van der Waals surface area contributed by atoms with Crippen molar-refractivity contribution in [3.63, 3.8) is 0 Å². The molecule has 0 saturated heterocycles. The Balaban J connectivity index is 3.22. The van der Waals surface area contributed by atoms with Gasteiger partial charge in [0.2, 0.25) is 0 Å². The minimum Gasteiger partial charge on any atom is -0.398 e. The molecule has 0 saturated carbocycles. The highest BCUT2D eigenvalue weighted by Gasteiger charge is 2.18. The van der Waals surface area contributed by atoms with Crippen molar-refractivity contribution in [3.05, 3.63) is 22.7 Å². The molecule has 0 bridgehead atoms. The Morgan fingerprint density at radius 1 is 1.40 bits per heavy atom. The van der Waals surface area contributed by atoms with Gasteiger partial charge in [0.15, 0.2) is 0 Å². The zero-order chi connectivity index (χ0) is 11.6. The Bertz CT molecular complexity index is 500. The number of sulfonamides is 1. The molecule has 0 aliphatic heterocycles. The first kappa shape index (κ1) is 11.8. The van der Waals surface area contributed by atoms with Gasteiger partial charge in [-0.2, -0.15) is 0 Å². The van der Waals surface area contributed by atoms with Gasteiger partial charge < -0.3 is 11.5 Å². The summed E-state index contributed by atoms with van der Waals surface area (Å²) in [5.74, 6) is 0. The van der Waals surface area contributed by atoms with Crippen LogP contribution < -0.4 is 16.2 Å². The molecule has 1 rings (SSSR count). The van der Waals surface area contributed by atoms with Gasteiger partial charge in [-0.15, -0.1) is 0 Å². The first-order valence-electron chi connectivity index (χ1n) is 3.70. The quantitative estimate of drug-likeness (QED) is 0.684. The summed E-state index contributed by atoms with van der Waals surface area (Å²) < 4.78 is 25.2. The number of carbonyl (C=O) groups excluding carboxylic acids is 1. The second kappa shape index (κ2) is 4.07. The molecular formula is C7H8BrN3O3S. The summed E-state index contributed by atoms with van der Waals surface area (Å²) in [6.45, 7) is 0. The Kier molecular flexibility index (Phi) is 3.20. The normalized spacial score (nSPS) is 11.0. The number of halogens is 1. The molecule has 0 radical (unpaired) electrons. The molecule has 0 atom stereocenters. The summed E-state index contributed by atoms with van der Waals surface area (Å²) in [6.07, 6.45) is 0. The molecule has 1 aromatic carbocycles. The van der Waals surface area contributed by atoms with Crippen LogP contribution >= 0.6 is 15.9 Å². The van der Waals surface area contributed by atoms with E-state index in [1.807, 2.05) is 0 Å². The number of nitrogens with two attached hydrogens (primary N) is 2. The first-order chi connectivity index (χ1) is 6.83. The average molecular weight is 294 g/mol. The zero-order valence-corrected chi connectivity index (χ0v) is 9.80. The number of nitrogens with one attached hydrogen (secondary N) is 1. The van der Waals surface area contributed by atoms with Crippen LogP contribution in [-0.4, -0.2) is 14.4 Å². The zero-order valence-electron chi connectivity index (χ0n) is 7.40. The van der Waals surface area contributed by atoms with Crippen LogP contribution in [0.1, 0.15) is 0 Å². The van der Waals surface area contributed by atoms with Crippen LogP contribution in [0.25, 0.3) is 0 Å². The highest BCUT2D eigenvalue weighted by Crippen LogP contribution is 2.22. The highest BCUT2D eigenvalue weighted by atomic mass is 79.9. The number of anilines is 1. The van der Waals surface area contributed by atoms with Gasteiger partial charge in [0.25, 0.3) is 10.0 Å². The summed E-state index contributed by atoms with van der Waals surface area (Å²) in [4.78, 5) is 10.3. The maximum atomic E-state index is 11.5. The molecule has 15 heavy (non-hydrogen) atoms. The number of urea groups is 1. The standard InChI is InChI=1S/C7H8BrN3O3S/c8-4-1-2-6(5(9)3-4)15(13,14)11-7(10)12/h1-3H,9H2,(H3,10,11,12). The lowest BCUT2D eigenvalue weighted by atomic mass is 10.3. The minimum atomic E-state index is -3.98. The van der Waals surface area contributed by atoms with E-state index in [1.54, 1.807) is 4.72 Å². The van der Waals surface area contributed by atoms with Crippen LogP contribution in [0.4, 0.5) is 10.5 Å². The van der Waals surface area contributed by atoms with E-state index in [9.17, 15) is 13.2 Å². The molecule has 0 aliphatic rings. The Morgan fingerprint density at radius 2 is 2.00 bits per heavy atom. The maximum absolute atomic E-state index is 11.5. The van der Waals surface area contributed by atoms with E-state index in [1.165, 1.54) is 18.2 Å². The smallest absolute Gasteiger partial charge is 0.326 e. The van der Waals surface area contributed by atoms with Gasteiger partial charge >= 0.3 is 6.03 Å². The third-order valence-corrected chi connectivity index (χ3v) is 3.41. The van der Waals surface area contributed by atoms with Crippen LogP contribution in [-0.2, 0) is 10.0 Å². The van der Waals surface area contributed by atoms with Crippen LogP contribution in [0, 0.1) is 0 Å². The van der Waals surface area contributed by atoms with Crippen molar-refractivity contribution in [2.75, 3.05) is 5.73 Å². The van der Waals surface area contributed by atoms with Crippen molar-refractivity contribution in [1.82, 2.24) is 4.72 Å². The number of primary amides is 1. The van der Waals surface area contributed by atoms with Crippen LogP contribution in [0.3, 0.4) is 0 Å². The van der Waals surface area contributed by atoms with E-state index >= 15 is 0 Å². The molecule has 0 aromatic heterocycles. The fourth-order valence-corrected chi connectivity index (χ4v) is 2.32. The van der Waals surface area contributed by atoms with Crippen LogP contribution in [0.5, 0.6) is 0 Å². The fraction of sp³-hybridized carbons (Fsp3) is 0. The lowest BCUT2D eigenvalue weighted by Crippen LogP contribution is -2.35. The molecule has 0 heterocycles. The Hall–Kier alpha value is -1.28. The Labute approximate surface area is 94.8 Å². The number of hydrogen-bond donors (Lipinski definition) is 3. The molecule has 0 fully saturated rings. The number of amides is 2. The lowest BCUT2D eigenvalue weighted by Gasteiger charge is -2.07. The molecule has 1 aromatic rings. The molecule has 2 amide bonds. The van der Waals surface area contributed by atoms with Crippen molar-refractivity contribution in [2.24, 2.45) is 5.73 Å². The van der Waals surface area contributed by atoms with Crippen molar-refractivity contribution >= 4 is 37.7 Å². The van der Waals surface area contributed by atoms with Gasteiger partial charge in [-0.25, -0.2) is 17.9 Å². The molecule has 82 valence electrons. The lowest BCUT2D eigenvalue weighted by molar-refractivity contribution is 0.253. The van der Waals surface area contributed by atoms with E-state index in [0.29, 0.717) is 4.47 Å². The van der Waals surface area contributed by atoms with Gasteiger partial charge in [0.1, 0.15) is 4.90 Å². The van der Waals surface area contributed by atoms with Gasteiger partial charge in [0.05, 0.1) is 5.69 Å². The van der Waals surface area contributed by atoms with E-state index in [4.69, 9.17) is 11.5 Å². The number of benzene rings is 1. The largest absolute Gasteiger partial charge is 0.398 e. The third-order valence-electron chi connectivity index (χ3n) is 1.50. The van der Waals surface area contributed by atoms with Gasteiger partial charge in [0, 0.05) is 4.47 Å². The topological polar surface area (TPSA) is 115 Å². The number of rotatable bonds is 2. The van der Waals surface area contributed by atoms with Crippen molar-refractivity contribution in [3.8, 4) is 0 Å². The first-order valence-corrected chi connectivity index (χ1v) is 5.98. The molecule has 0 spiro atoms. The van der Waals surface area contributed by atoms with Crippen molar-refractivity contribution in [1.29, 1.82) is 0 Å². The summed E-state index contributed by atoms with van der Waals surface area (Å²) >= 11 is 3.13. The van der Waals surface area contributed by atoms with Gasteiger partial charge in [-0.3, -0.25) is 0 Å². The van der Waals surface area contributed by atoms with E-state index in [-0.39, 0.29) is 10.6 Å². The van der Waals surface area contributed by atoms with Gasteiger partial charge in [-0.05, 0) is 18.2 Å². The second-order valence-electron chi connectivity index (χ2n) is 2.65. The average Bonchev–Trinajstić information content (AvgIpc) is 1.99. The monoisotopic (exact) mass is 293 g/mol. The maximum Gasteiger partial charge on any atom is 0.326 e. The molecule has 0 unspecified atom stereocenters. The molecule has 6 nitrogen and oxygen atoms in total. The van der Waals surface area contributed by atoms with E-state index in [0.717, 1.165) is 0 Å². The predicted molar refractivity (Wildman–Crippen MR) is 58.5 cm³/mol. The number of hydrogen-bond acceptors (Lipinski definition) is 4. The summed E-state index contributed by atoms with van der Waals surface area (Å²) in [6, 6.07) is 3.02. The van der Waals surface area contributed by atoms with Gasteiger partial charge in [-0.1, -0.05) is 15.9 Å². The SMILES string of the molecule is NC(=O)NS(=O)(=O)c1ccc(Br)cc1N. The summed E-state index contributed by atoms with van der Waals surface area (Å²) in [7, 11) is -3.98. The van der Waals surface area contributed by atoms with Crippen molar-refractivity contribution in [2.45, 2.75) is 4.90 Å². The molecule has 5 N–H and O–H groups in total. The number of carbonyl (C=O) groups is 1. The van der Waals surface area contributed by atoms with E-state index < -0.39 is 16.1 Å². The van der Waals surface area contributed by atoms with Crippen molar-refractivity contribution < 1.29 is 13.2 Å². The van der Waals surface area contributed by atoms with Crippen LogP contribution in [0.15, 0.2) is 27.6 Å².